The largest absolute Gasteiger partial charge is 0.480 e. The molecule has 5 nitrogen and oxygen atoms in total. The van der Waals surface area contributed by atoms with Gasteiger partial charge in [0.2, 0.25) is 5.91 Å². The molecule has 0 saturated carbocycles. The minimum absolute atomic E-state index is 0.155. The Bertz CT molecular complexity index is 237. The Kier molecular flexibility index (Phi) is 4.55. The van der Waals surface area contributed by atoms with Gasteiger partial charge in [0.25, 0.3) is 0 Å². The third-order valence-corrected chi connectivity index (χ3v) is 2.68. The van der Waals surface area contributed by atoms with Crippen molar-refractivity contribution < 1.29 is 14.7 Å². The molecule has 0 aromatic heterocycles. The van der Waals surface area contributed by atoms with Crippen LogP contribution in [0.15, 0.2) is 0 Å². The van der Waals surface area contributed by atoms with E-state index in [0.29, 0.717) is 18.8 Å². The van der Waals surface area contributed by atoms with E-state index in [1.165, 1.54) is 0 Å². The van der Waals surface area contributed by atoms with Crippen LogP contribution in [0.1, 0.15) is 26.2 Å². The van der Waals surface area contributed by atoms with Crippen LogP contribution in [0.5, 0.6) is 0 Å². The molecule has 0 radical (unpaired) electrons. The van der Waals surface area contributed by atoms with Crippen LogP contribution in [0, 0.1) is 5.92 Å². The summed E-state index contributed by atoms with van der Waals surface area (Å²) in [7, 11) is 0. The standard InChI is InChI=1S/C10H18N2O3/c1-2-8(10(14)15)12-9(13)5-7-3-4-11-6-7/h7-8,11H,2-6H2,1H3,(H,12,13)(H,14,15). The van der Waals surface area contributed by atoms with Gasteiger partial charge in [-0.1, -0.05) is 6.92 Å². The fourth-order valence-electron chi connectivity index (χ4n) is 1.74. The third kappa shape index (κ3) is 3.87. The highest BCUT2D eigenvalue weighted by Crippen LogP contribution is 2.11. The summed E-state index contributed by atoms with van der Waals surface area (Å²) in [6, 6.07) is -0.744. The second-order valence-corrected chi connectivity index (χ2v) is 3.93. The first kappa shape index (κ1) is 12.0. The third-order valence-electron chi connectivity index (χ3n) is 2.68. The molecule has 3 N–H and O–H groups in total. The smallest absolute Gasteiger partial charge is 0.326 e. The fourth-order valence-corrected chi connectivity index (χ4v) is 1.74. The molecule has 1 amide bonds. The monoisotopic (exact) mass is 214 g/mol. The van der Waals surface area contributed by atoms with Gasteiger partial charge in [-0.25, -0.2) is 4.79 Å². The molecule has 0 aromatic rings. The molecule has 1 saturated heterocycles. The summed E-state index contributed by atoms with van der Waals surface area (Å²) in [6.45, 7) is 3.56. The number of carboxylic acid groups (broad SMARTS) is 1. The number of hydrogen-bond donors (Lipinski definition) is 3. The highest BCUT2D eigenvalue weighted by Gasteiger charge is 2.21. The Hall–Kier alpha value is -1.10. The van der Waals surface area contributed by atoms with E-state index in [2.05, 4.69) is 10.6 Å². The molecule has 0 spiro atoms. The van der Waals surface area contributed by atoms with E-state index in [1.807, 2.05) is 0 Å². The summed E-state index contributed by atoms with van der Waals surface area (Å²) in [5, 5.41) is 14.5. The first-order chi connectivity index (χ1) is 7.13. The zero-order chi connectivity index (χ0) is 11.3. The maximum atomic E-state index is 11.5. The van der Waals surface area contributed by atoms with Crippen molar-refractivity contribution in [2.24, 2.45) is 5.92 Å². The summed E-state index contributed by atoms with van der Waals surface area (Å²) in [6.07, 6.45) is 1.85. The van der Waals surface area contributed by atoms with Gasteiger partial charge in [-0.2, -0.15) is 0 Å². The van der Waals surface area contributed by atoms with Crippen molar-refractivity contribution in [1.82, 2.24) is 10.6 Å². The molecule has 86 valence electrons. The summed E-state index contributed by atoms with van der Waals surface area (Å²) in [5.41, 5.74) is 0. The van der Waals surface area contributed by atoms with Gasteiger partial charge in [-0.05, 0) is 31.8 Å². The van der Waals surface area contributed by atoms with E-state index >= 15 is 0 Å². The van der Waals surface area contributed by atoms with E-state index in [0.717, 1.165) is 19.5 Å². The fraction of sp³-hybridized carbons (Fsp3) is 0.800. The van der Waals surface area contributed by atoms with Gasteiger partial charge in [0.15, 0.2) is 0 Å². The Labute approximate surface area is 89.2 Å². The van der Waals surface area contributed by atoms with E-state index in [1.54, 1.807) is 6.92 Å². The molecule has 0 aromatic carbocycles. The molecule has 15 heavy (non-hydrogen) atoms. The number of rotatable bonds is 5. The number of carbonyl (C=O) groups is 2. The van der Waals surface area contributed by atoms with Crippen LogP contribution < -0.4 is 10.6 Å². The number of amides is 1. The first-order valence-electron chi connectivity index (χ1n) is 5.36. The number of hydrogen-bond acceptors (Lipinski definition) is 3. The highest BCUT2D eigenvalue weighted by molar-refractivity contribution is 5.83. The zero-order valence-electron chi connectivity index (χ0n) is 8.95. The normalized spacial score (nSPS) is 22.3. The molecule has 5 heteroatoms. The average molecular weight is 214 g/mol. The lowest BCUT2D eigenvalue weighted by Crippen LogP contribution is -2.40. The van der Waals surface area contributed by atoms with Crippen molar-refractivity contribution in [2.45, 2.75) is 32.2 Å². The minimum atomic E-state index is -0.963. The van der Waals surface area contributed by atoms with E-state index in [9.17, 15) is 9.59 Å². The molecule has 1 rings (SSSR count). The Morgan fingerprint density at radius 3 is 2.80 bits per heavy atom. The maximum absolute atomic E-state index is 11.5. The first-order valence-corrected chi connectivity index (χ1v) is 5.36. The van der Waals surface area contributed by atoms with Crippen LogP contribution in [-0.2, 0) is 9.59 Å². The molecule has 0 bridgehead atoms. The molecule has 1 aliphatic rings. The number of carboxylic acids is 1. The molecule has 2 atom stereocenters. The molecule has 2 unspecified atom stereocenters. The van der Waals surface area contributed by atoms with Gasteiger partial charge in [-0.15, -0.1) is 0 Å². The predicted molar refractivity (Wildman–Crippen MR) is 55.5 cm³/mol. The second-order valence-electron chi connectivity index (χ2n) is 3.93. The van der Waals surface area contributed by atoms with Crippen molar-refractivity contribution in [3.05, 3.63) is 0 Å². The van der Waals surface area contributed by atoms with Crippen molar-refractivity contribution in [2.75, 3.05) is 13.1 Å². The Morgan fingerprint density at radius 2 is 2.33 bits per heavy atom. The summed E-state index contributed by atoms with van der Waals surface area (Å²) >= 11 is 0. The number of nitrogens with one attached hydrogen (secondary N) is 2. The maximum Gasteiger partial charge on any atom is 0.326 e. The second kappa shape index (κ2) is 5.70. The Balaban J connectivity index is 2.30. The van der Waals surface area contributed by atoms with Crippen LogP contribution in [-0.4, -0.2) is 36.1 Å². The molecular weight excluding hydrogens is 196 g/mol. The van der Waals surface area contributed by atoms with E-state index < -0.39 is 12.0 Å². The molecular formula is C10H18N2O3. The van der Waals surface area contributed by atoms with Crippen LogP contribution >= 0.6 is 0 Å². The average Bonchev–Trinajstić information content (AvgIpc) is 2.66. The molecule has 1 fully saturated rings. The number of aliphatic carboxylic acids is 1. The Morgan fingerprint density at radius 1 is 1.60 bits per heavy atom. The van der Waals surface area contributed by atoms with Crippen LogP contribution in [0.2, 0.25) is 0 Å². The van der Waals surface area contributed by atoms with Gasteiger partial charge in [-0.3, -0.25) is 4.79 Å². The predicted octanol–water partition coefficient (Wildman–Crippen LogP) is -0.0346. The summed E-state index contributed by atoms with van der Waals surface area (Å²) in [5.74, 6) is -0.760. The highest BCUT2D eigenvalue weighted by atomic mass is 16.4. The van der Waals surface area contributed by atoms with Crippen molar-refractivity contribution in [3.63, 3.8) is 0 Å². The SMILES string of the molecule is CCC(NC(=O)CC1CCNC1)C(=O)O. The van der Waals surface area contributed by atoms with Gasteiger partial charge >= 0.3 is 5.97 Å². The van der Waals surface area contributed by atoms with Gasteiger partial charge in [0, 0.05) is 6.42 Å². The number of carbonyl (C=O) groups excluding carboxylic acids is 1. The van der Waals surface area contributed by atoms with Crippen LogP contribution in [0.4, 0.5) is 0 Å². The lowest BCUT2D eigenvalue weighted by molar-refractivity contribution is -0.142. The van der Waals surface area contributed by atoms with Crippen LogP contribution in [0.3, 0.4) is 0 Å². The van der Waals surface area contributed by atoms with Gasteiger partial charge < -0.3 is 15.7 Å². The molecule has 1 aliphatic heterocycles. The van der Waals surface area contributed by atoms with Crippen LogP contribution in [0.25, 0.3) is 0 Å². The van der Waals surface area contributed by atoms with Crippen molar-refractivity contribution in [3.8, 4) is 0 Å². The van der Waals surface area contributed by atoms with E-state index in [4.69, 9.17) is 5.11 Å². The lowest BCUT2D eigenvalue weighted by Gasteiger charge is -2.14. The minimum Gasteiger partial charge on any atom is -0.480 e. The summed E-state index contributed by atoms with van der Waals surface area (Å²) in [4.78, 5) is 22.1. The van der Waals surface area contributed by atoms with Gasteiger partial charge in [0.1, 0.15) is 6.04 Å². The summed E-state index contributed by atoms with van der Waals surface area (Å²) < 4.78 is 0. The molecule has 1 heterocycles. The zero-order valence-corrected chi connectivity index (χ0v) is 8.95. The quantitative estimate of drug-likeness (QED) is 0.600. The molecule has 0 aliphatic carbocycles. The van der Waals surface area contributed by atoms with Crippen molar-refractivity contribution >= 4 is 11.9 Å². The topological polar surface area (TPSA) is 78.4 Å². The van der Waals surface area contributed by atoms with Gasteiger partial charge in [0.05, 0.1) is 0 Å². The van der Waals surface area contributed by atoms with E-state index in [-0.39, 0.29) is 5.91 Å². The van der Waals surface area contributed by atoms with Crippen molar-refractivity contribution in [1.29, 1.82) is 0 Å². The lowest BCUT2D eigenvalue weighted by atomic mass is 10.0.